The number of halogens is 1. The number of Topliss-reactive ketones (excluding diaryl/α,β-unsaturated/α-hetero) is 1. The fourth-order valence-electron chi connectivity index (χ4n) is 5.15. The second-order valence-electron chi connectivity index (χ2n) is 8.55. The van der Waals surface area contributed by atoms with Crippen molar-refractivity contribution in [1.29, 1.82) is 0 Å². The van der Waals surface area contributed by atoms with Crippen LogP contribution in [-0.4, -0.2) is 73.2 Å². The minimum Gasteiger partial charge on any atom is -0.483 e. The van der Waals surface area contributed by atoms with Gasteiger partial charge in [-0.15, -0.1) is 0 Å². The zero-order valence-corrected chi connectivity index (χ0v) is 17.0. The third kappa shape index (κ3) is 3.44. The van der Waals surface area contributed by atoms with E-state index in [-0.39, 0.29) is 30.0 Å². The summed E-state index contributed by atoms with van der Waals surface area (Å²) in [6.07, 6.45) is -0.322. The Bertz CT molecular complexity index is 852. The summed E-state index contributed by atoms with van der Waals surface area (Å²) in [5.74, 6) is -0.638. The van der Waals surface area contributed by atoms with Crippen molar-refractivity contribution >= 4 is 11.7 Å². The highest BCUT2D eigenvalue weighted by molar-refractivity contribution is 6.11. The van der Waals surface area contributed by atoms with Crippen molar-refractivity contribution in [3.8, 4) is 0 Å². The Balaban J connectivity index is 1.46. The van der Waals surface area contributed by atoms with Crippen molar-refractivity contribution in [3.05, 3.63) is 47.2 Å². The number of fused-ring (bicyclic) bond motifs is 1. The Hall–Kier alpha value is -2.25. The quantitative estimate of drug-likeness (QED) is 0.757. The molecule has 5 rings (SSSR count). The molecule has 4 unspecified atom stereocenters. The van der Waals surface area contributed by atoms with Crippen LogP contribution in [0.15, 0.2) is 41.7 Å². The number of rotatable bonds is 4. The predicted molar refractivity (Wildman–Crippen MR) is 107 cm³/mol. The van der Waals surface area contributed by atoms with E-state index >= 15 is 0 Å². The summed E-state index contributed by atoms with van der Waals surface area (Å²) >= 11 is 0. The van der Waals surface area contributed by atoms with Gasteiger partial charge in [0.2, 0.25) is 0 Å². The molecule has 2 fully saturated rings. The molecular formula is C23H27FN2O4. The summed E-state index contributed by atoms with van der Waals surface area (Å²) in [5.41, 5.74) is 1.31. The number of amides is 1. The van der Waals surface area contributed by atoms with Crippen molar-refractivity contribution in [3.63, 3.8) is 0 Å². The first kappa shape index (κ1) is 19.7. The largest absolute Gasteiger partial charge is 0.483 e. The molecular weight excluding hydrogens is 387 g/mol. The van der Waals surface area contributed by atoms with Gasteiger partial charge in [-0.1, -0.05) is 30.3 Å². The number of hydrogen-bond acceptors (Lipinski definition) is 5. The van der Waals surface area contributed by atoms with Crippen LogP contribution in [0.25, 0.3) is 0 Å². The van der Waals surface area contributed by atoms with Crippen LogP contribution in [0.4, 0.5) is 4.39 Å². The van der Waals surface area contributed by atoms with Gasteiger partial charge in [0.05, 0.1) is 30.7 Å². The molecule has 1 saturated carbocycles. The summed E-state index contributed by atoms with van der Waals surface area (Å²) in [4.78, 5) is 30.8. The van der Waals surface area contributed by atoms with E-state index in [1.54, 1.807) is 4.90 Å². The molecule has 1 amide bonds. The van der Waals surface area contributed by atoms with Crippen LogP contribution in [-0.2, 0) is 19.1 Å². The number of nitrogens with zero attached hydrogens (tertiary/aromatic N) is 2. The van der Waals surface area contributed by atoms with Crippen molar-refractivity contribution in [2.45, 2.75) is 37.6 Å². The first-order valence-electron chi connectivity index (χ1n) is 10.9. The van der Waals surface area contributed by atoms with Crippen LogP contribution < -0.4 is 0 Å². The number of carbonyl (C=O) groups is 2. The minimum absolute atomic E-state index is 0.111. The standard InChI is InChI=1S/C23H27FN2O4/c24-16-6-7-18-17(14-16)21(27)19-20(15-4-2-1-3-5-15)26(23(28)22(19)30-18)9-8-25-10-12-29-13-11-25/h1-5,16-18,20H,6-14H2. The van der Waals surface area contributed by atoms with Crippen molar-refractivity contribution in [2.24, 2.45) is 5.92 Å². The lowest BCUT2D eigenvalue weighted by Crippen LogP contribution is -2.43. The van der Waals surface area contributed by atoms with E-state index in [1.807, 2.05) is 30.3 Å². The number of ketones is 1. The Labute approximate surface area is 175 Å². The molecule has 1 aliphatic carbocycles. The van der Waals surface area contributed by atoms with Gasteiger partial charge in [0.25, 0.3) is 5.91 Å². The van der Waals surface area contributed by atoms with Gasteiger partial charge in [-0.3, -0.25) is 14.5 Å². The summed E-state index contributed by atoms with van der Waals surface area (Å²) < 4.78 is 25.6. The van der Waals surface area contributed by atoms with E-state index in [0.29, 0.717) is 44.7 Å². The zero-order chi connectivity index (χ0) is 20.7. The number of carbonyl (C=O) groups excluding carboxylic acids is 2. The van der Waals surface area contributed by atoms with Crippen molar-refractivity contribution < 1.29 is 23.5 Å². The molecule has 6 nitrogen and oxygen atoms in total. The van der Waals surface area contributed by atoms with E-state index < -0.39 is 18.1 Å². The van der Waals surface area contributed by atoms with Gasteiger partial charge in [-0.2, -0.15) is 0 Å². The van der Waals surface area contributed by atoms with E-state index in [4.69, 9.17) is 9.47 Å². The number of alkyl halides is 1. The first-order chi connectivity index (χ1) is 14.6. The topological polar surface area (TPSA) is 59.1 Å². The van der Waals surface area contributed by atoms with E-state index in [9.17, 15) is 14.0 Å². The van der Waals surface area contributed by atoms with Gasteiger partial charge >= 0.3 is 0 Å². The number of hydrogen-bond donors (Lipinski definition) is 0. The Morgan fingerprint density at radius 3 is 2.57 bits per heavy atom. The van der Waals surface area contributed by atoms with Crippen LogP contribution in [0.2, 0.25) is 0 Å². The molecule has 4 aliphatic rings. The lowest BCUT2D eigenvalue weighted by molar-refractivity contribution is -0.136. The van der Waals surface area contributed by atoms with E-state index in [2.05, 4.69) is 4.90 Å². The van der Waals surface area contributed by atoms with Crippen LogP contribution in [0.1, 0.15) is 30.9 Å². The fourth-order valence-corrected chi connectivity index (χ4v) is 5.15. The molecule has 1 aromatic carbocycles. The van der Waals surface area contributed by atoms with Gasteiger partial charge in [-0.05, 0) is 24.8 Å². The van der Waals surface area contributed by atoms with Crippen LogP contribution in [0, 0.1) is 5.92 Å². The zero-order valence-electron chi connectivity index (χ0n) is 17.0. The minimum atomic E-state index is -0.981. The van der Waals surface area contributed by atoms with Crippen LogP contribution in [0.5, 0.6) is 0 Å². The summed E-state index contributed by atoms with van der Waals surface area (Å²) in [6.45, 7) is 4.28. The van der Waals surface area contributed by atoms with Crippen LogP contribution in [0.3, 0.4) is 0 Å². The van der Waals surface area contributed by atoms with Gasteiger partial charge in [0.1, 0.15) is 12.3 Å². The maximum atomic E-state index is 14.1. The third-order valence-electron chi connectivity index (χ3n) is 6.76. The van der Waals surface area contributed by atoms with Gasteiger partial charge in [-0.25, -0.2) is 4.39 Å². The Morgan fingerprint density at radius 1 is 1.03 bits per heavy atom. The summed E-state index contributed by atoms with van der Waals surface area (Å²) in [6, 6.07) is 9.14. The molecule has 0 bridgehead atoms. The molecule has 0 N–H and O–H groups in total. The highest BCUT2D eigenvalue weighted by Gasteiger charge is 2.52. The van der Waals surface area contributed by atoms with E-state index in [0.717, 1.165) is 18.7 Å². The third-order valence-corrected chi connectivity index (χ3v) is 6.76. The number of morpholine rings is 1. The van der Waals surface area contributed by atoms with E-state index in [1.165, 1.54) is 0 Å². The maximum Gasteiger partial charge on any atom is 0.290 e. The van der Waals surface area contributed by atoms with Gasteiger partial charge in [0.15, 0.2) is 11.5 Å². The van der Waals surface area contributed by atoms with Crippen molar-refractivity contribution in [2.75, 3.05) is 39.4 Å². The fraction of sp³-hybridized carbons (Fsp3) is 0.565. The van der Waals surface area contributed by atoms with Gasteiger partial charge in [0, 0.05) is 26.2 Å². The molecule has 160 valence electrons. The smallest absolute Gasteiger partial charge is 0.290 e. The molecule has 1 saturated heterocycles. The Morgan fingerprint density at radius 2 is 1.80 bits per heavy atom. The molecule has 0 spiro atoms. The second kappa shape index (κ2) is 8.12. The number of benzene rings is 1. The highest BCUT2D eigenvalue weighted by Crippen LogP contribution is 2.46. The van der Waals surface area contributed by atoms with Crippen LogP contribution >= 0.6 is 0 Å². The second-order valence-corrected chi connectivity index (χ2v) is 8.55. The Kier molecular flexibility index (Phi) is 5.33. The highest BCUT2D eigenvalue weighted by atomic mass is 19.1. The average Bonchev–Trinajstić information content (AvgIpc) is 3.06. The molecule has 0 radical (unpaired) electrons. The molecule has 0 aromatic heterocycles. The maximum absolute atomic E-state index is 14.1. The molecule has 1 aromatic rings. The lowest BCUT2D eigenvalue weighted by Gasteiger charge is -2.36. The summed E-state index contributed by atoms with van der Waals surface area (Å²) in [7, 11) is 0. The molecule has 4 atom stereocenters. The molecule has 30 heavy (non-hydrogen) atoms. The molecule has 3 aliphatic heterocycles. The lowest BCUT2D eigenvalue weighted by atomic mass is 9.77. The van der Waals surface area contributed by atoms with Gasteiger partial charge < -0.3 is 14.4 Å². The molecule has 3 heterocycles. The molecule has 7 heteroatoms. The number of ether oxygens (including phenoxy) is 2. The average molecular weight is 414 g/mol. The summed E-state index contributed by atoms with van der Waals surface area (Å²) in [5, 5.41) is 0. The first-order valence-corrected chi connectivity index (χ1v) is 10.9. The SMILES string of the molecule is O=C1C2=C(OC3CCC(F)CC13)C(=O)N(CCN1CCOCC1)C2c1ccccc1. The predicted octanol–water partition coefficient (Wildman–Crippen LogP) is 2.26. The monoisotopic (exact) mass is 414 g/mol. The normalized spacial score (nSPS) is 32.1. The van der Waals surface area contributed by atoms with Crippen molar-refractivity contribution in [1.82, 2.24) is 9.80 Å².